The molecule has 0 bridgehead atoms. The quantitative estimate of drug-likeness (QED) is 0.774. The molecule has 4 heteroatoms. The molecule has 1 unspecified atom stereocenters. The first-order chi connectivity index (χ1) is 9.04. The summed E-state index contributed by atoms with van der Waals surface area (Å²) >= 11 is 3.44. The van der Waals surface area contributed by atoms with Crippen molar-refractivity contribution in [3.63, 3.8) is 0 Å². The highest BCUT2D eigenvalue weighted by Crippen LogP contribution is 2.17. The summed E-state index contributed by atoms with van der Waals surface area (Å²) in [4.78, 5) is 12.2. The van der Waals surface area contributed by atoms with Crippen molar-refractivity contribution >= 4 is 21.8 Å². The molecule has 0 heterocycles. The predicted molar refractivity (Wildman–Crippen MR) is 82.2 cm³/mol. The normalized spacial score (nSPS) is 13.7. The van der Waals surface area contributed by atoms with Crippen LogP contribution in [0.2, 0.25) is 0 Å². The molecule has 1 atom stereocenters. The highest BCUT2D eigenvalue weighted by atomic mass is 79.9. The maximum atomic E-state index is 12.2. The van der Waals surface area contributed by atoms with Crippen LogP contribution in [-0.2, 0) is 0 Å². The first-order valence-electron chi connectivity index (χ1n) is 6.66. The second kappa shape index (κ2) is 7.53. The molecule has 3 nitrogen and oxygen atoms in total. The fourth-order valence-corrected chi connectivity index (χ4v) is 2.05. The molecule has 0 saturated heterocycles. The number of hydrogen-bond donors (Lipinski definition) is 1. The summed E-state index contributed by atoms with van der Waals surface area (Å²) in [5.41, 5.74) is 0.409. The molecule has 0 spiro atoms. The fourth-order valence-electron chi connectivity index (χ4n) is 1.51. The molecule has 106 valence electrons. The maximum absolute atomic E-state index is 12.2. The van der Waals surface area contributed by atoms with Crippen LogP contribution in [-0.4, -0.2) is 23.4 Å². The van der Waals surface area contributed by atoms with Crippen LogP contribution < -0.4 is 10.1 Å². The van der Waals surface area contributed by atoms with E-state index in [1.54, 1.807) is 12.1 Å². The van der Waals surface area contributed by atoms with Gasteiger partial charge >= 0.3 is 0 Å². The molecular weight excluding hydrogens is 306 g/mol. The van der Waals surface area contributed by atoms with Gasteiger partial charge < -0.3 is 10.1 Å². The molecule has 1 aromatic rings. The van der Waals surface area contributed by atoms with Crippen molar-refractivity contribution < 1.29 is 9.53 Å². The Bertz CT molecular complexity index is 416. The zero-order valence-electron chi connectivity index (χ0n) is 11.8. The number of carbonyl (C=O) groups is 1. The van der Waals surface area contributed by atoms with E-state index in [0.29, 0.717) is 12.2 Å². The van der Waals surface area contributed by atoms with Gasteiger partial charge in [-0.15, -0.1) is 0 Å². The van der Waals surface area contributed by atoms with E-state index in [4.69, 9.17) is 4.74 Å². The Morgan fingerprint density at radius 2 is 2.16 bits per heavy atom. The number of alkyl halides is 1. The average molecular weight is 328 g/mol. The Balaban J connectivity index is 2.76. The minimum absolute atomic E-state index is 0.0641. The molecule has 0 fully saturated rings. The van der Waals surface area contributed by atoms with Gasteiger partial charge in [0.05, 0.1) is 6.61 Å². The van der Waals surface area contributed by atoms with Crippen LogP contribution in [0.15, 0.2) is 24.3 Å². The number of halogens is 1. The van der Waals surface area contributed by atoms with E-state index in [-0.39, 0.29) is 11.4 Å². The summed E-state index contributed by atoms with van der Waals surface area (Å²) in [6.45, 7) is 6.80. The molecule has 1 rings (SSSR count). The van der Waals surface area contributed by atoms with Crippen molar-refractivity contribution in [3.8, 4) is 5.75 Å². The van der Waals surface area contributed by atoms with Gasteiger partial charge in [0.2, 0.25) is 0 Å². The minimum atomic E-state index is -0.225. The fraction of sp³-hybridized carbons (Fsp3) is 0.533. The lowest BCUT2D eigenvalue weighted by atomic mass is 10.0. The number of amides is 1. The smallest absolute Gasteiger partial charge is 0.251 e. The number of carbonyl (C=O) groups excluding carboxylic acids is 1. The molecule has 0 aliphatic heterocycles. The third kappa shape index (κ3) is 4.86. The van der Waals surface area contributed by atoms with Crippen molar-refractivity contribution in [2.75, 3.05) is 11.9 Å². The first kappa shape index (κ1) is 16.0. The second-order valence-electron chi connectivity index (χ2n) is 4.88. The molecule has 0 aliphatic rings. The number of hydrogen-bond acceptors (Lipinski definition) is 2. The molecule has 1 aromatic carbocycles. The van der Waals surface area contributed by atoms with Crippen molar-refractivity contribution in [2.24, 2.45) is 0 Å². The maximum Gasteiger partial charge on any atom is 0.251 e. The lowest BCUT2D eigenvalue weighted by Crippen LogP contribution is -2.46. The van der Waals surface area contributed by atoms with Gasteiger partial charge in [0.1, 0.15) is 5.75 Å². The van der Waals surface area contributed by atoms with Crippen molar-refractivity contribution in [1.82, 2.24) is 5.32 Å². The van der Waals surface area contributed by atoms with E-state index in [1.165, 1.54) is 0 Å². The highest BCUT2D eigenvalue weighted by molar-refractivity contribution is 9.09. The molecule has 0 aromatic heterocycles. The van der Waals surface area contributed by atoms with Gasteiger partial charge in [0.15, 0.2) is 0 Å². The standard InChI is InChI=1S/C15H22BrNO2/c1-4-9-19-13-8-6-7-12(10-13)14(18)17-15(3,5-2)11-16/h6-8,10H,4-5,9,11H2,1-3H3,(H,17,18). The van der Waals surface area contributed by atoms with Crippen LogP contribution in [0.3, 0.4) is 0 Å². The van der Waals surface area contributed by atoms with Gasteiger partial charge in [0.25, 0.3) is 5.91 Å². The molecule has 0 aliphatic carbocycles. The Morgan fingerprint density at radius 3 is 2.74 bits per heavy atom. The van der Waals surface area contributed by atoms with Crippen LogP contribution >= 0.6 is 15.9 Å². The Morgan fingerprint density at radius 1 is 1.42 bits per heavy atom. The summed E-state index contributed by atoms with van der Waals surface area (Å²) in [6, 6.07) is 7.31. The van der Waals surface area contributed by atoms with E-state index >= 15 is 0 Å². The highest BCUT2D eigenvalue weighted by Gasteiger charge is 2.23. The van der Waals surface area contributed by atoms with Crippen molar-refractivity contribution in [3.05, 3.63) is 29.8 Å². The third-order valence-electron chi connectivity index (χ3n) is 3.06. The summed E-state index contributed by atoms with van der Waals surface area (Å²) in [7, 11) is 0. The zero-order chi connectivity index (χ0) is 14.3. The Labute approximate surface area is 123 Å². The van der Waals surface area contributed by atoms with Gasteiger partial charge in [-0.25, -0.2) is 0 Å². The van der Waals surface area contributed by atoms with Crippen LogP contribution in [0.5, 0.6) is 5.75 Å². The molecule has 1 N–H and O–H groups in total. The van der Waals surface area contributed by atoms with E-state index in [2.05, 4.69) is 35.1 Å². The van der Waals surface area contributed by atoms with E-state index in [1.807, 2.05) is 19.1 Å². The van der Waals surface area contributed by atoms with Gasteiger partial charge in [-0.2, -0.15) is 0 Å². The monoisotopic (exact) mass is 327 g/mol. The Kier molecular flexibility index (Phi) is 6.35. The lowest BCUT2D eigenvalue weighted by Gasteiger charge is -2.27. The van der Waals surface area contributed by atoms with Crippen LogP contribution in [0.25, 0.3) is 0 Å². The van der Waals surface area contributed by atoms with Crippen molar-refractivity contribution in [2.45, 2.75) is 39.2 Å². The average Bonchev–Trinajstić information content (AvgIpc) is 2.45. The topological polar surface area (TPSA) is 38.3 Å². The van der Waals surface area contributed by atoms with Gasteiger partial charge in [-0.3, -0.25) is 4.79 Å². The minimum Gasteiger partial charge on any atom is -0.494 e. The molecule has 1 amide bonds. The number of ether oxygens (including phenoxy) is 1. The SMILES string of the molecule is CCCOc1cccc(C(=O)NC(C)(CC)CBr)c1. The predicted octanol–water partition coefficient (Wildman–Crippen LogP) is 3.77. The van der Waals surface area contributed by atoms with Gasteiger partial charge in [-0.1, -0.05) is 35.8 Å². The summed E-state index contributed by atoms with van der Waals surface area (Å²) in [5, 5.41) is 3.78. The lowest BCUT2D eigenvalue weighted by molar-refractivity contribution is 0.0913. The van der Waals surface area contributed by atoms with Crippen LogP contribution in [0, 0.1) is 0 Å². The number of rotatable bonds is 7. The first-order valence-corrected chi connectivity index (χ1v) is 7.78. The molecule has 19 heavy (non-hydrogen) atoms. The molecule has 0 radical (unpaired) electrons. The van der Waals surface area contributed by atoms with Gasteiger partial charge in [0, 0.05) is 16.4 Å². The summed E-state index contributed by atoms with van der Waals surface area (Å²) in [5.74, 6) is 0.678. The van der Waals surface area contributed by atoms with Crippen LogP contribution in [0.4, 0.5) is 0 Å². The molecular formula is C15H22BrNO2. The van der Waals surface area contributed by atoms with E-state index < -0.39 is 0 Å². The summed E-state index contributed by atoms with van der Waals surface area (Å²) in [6.07, 6.45) is 1.82. The zero-order valence-corrected chi connectivity index (χ0v) is 13.4. The van der Waals surface area contributed by atoms with Crippen molar-refractivity contribution in [1.29, 1.82) is 0 Å². The molecule has 0 saturated carbocycles. The van der Waals surface area contributed by atoms with Gasteiger partial charge in [-0.05, 0) is 38.0 Å². The Hall–Kier alpha value is -1.03. The van der Waals surface area contributed by atoms with E-state index in [0.717, 1.165) is 23.9 Å². The third-order valence-corrected chi connectivity index (χ3v) is 4.30. The number of nitrogens with one attached hydrogen (secondary N) is 1. The second-order valence-corrected chi connectivity index (χ2v) is 5.44. The van der Waals surface area contributed by atoms with Crippen LogP contribution in [0.1, 0.15) is 44.0 Å². The summed E-state index contributed by atoms with van der Waals surface area (Å²) < 4.78 is 5.54. The largest absolute Gasteiger partial charge is 0.494 e. The number of benzene rings is 1. The van der Waals surface area contributed by atoms with E-state index in [9.17, 15) is 4.79 Å².